The monoisotopic (exact) mass is 410 g/mol. The van der Waals surface area contributed by atoms with Crippen LogP contribution >= 0.6 is 11.8 Å². The minimum absolute atomic E-state index is 0.0527. The molecule has 150 valence electrons. The van der Waals surface area contributed by atoms with E-state index in [9.17, 15) is 24.5 Å². The number of carbonyl (C=O) groups excluding carboxylic acids is 3. The van der Waals surface area contributed by atoms with Crippen molar-refractivity contribution in [3.8, 4) is 11.5 Å². The van der Waals surface area contributed by atoms with Crippen molar-refractivity contribution in [3.05, 3.63) is 32.7 Å². The predicted molar refractivity (Wildman–Crippen MR) is 100 cm³/mol. The Kier molecular flexibility index (Phi) is 6.62. The Morgan fingerprint density at radius 1 is 1.29 bits per heavy atom. The summed E-state index contributed by atoms with van der Waals surface area (Å²) in [6.07, 6.45) is 1.21. The van der Waals surface area contributed by atoms with E-state index >= 15 is 0 Å². The van der Waals surface area contributed by atoms with E-state index in [1.165, 1.54) is 33.3 Å². The fraction of sp³-hybridized carbons (Fsp3) is 0.353. The Balaban J connectivity index is 2.45. The van der Waals surface area contributed by atoms with Gasteiger partial charge in [0.1, 0.15) is 6.04 Å². The molecule has 0 N–H and O–H groups in total. The summed E-state index contributed by atoms with van der Waals surface area (Å²) in [5.74, 6) is -1.09. The summed E-state index contributed by atoms with van der Waals surface area (Å²) < 4.78 is 15.0. The molecule has 1 heterocycles. The molecule has 0 aromatic heterocycles. The van der Waals surface area contributed by atoms with Gasteiger partial charge in [0.05, 0.1) is 42.3 Å². The van der Waals surface area contributed by atoms with E-state index in [1.807, 2.05) is 0 Å². The number of nitro groups is 1. The first-order valence-electron chi connectivity index (χ1n) is 8.09. The van der Waals surface area contributed by atoms with Crippen LogP contribution in [0.15, 0.2) is 17.0 Å². The van der Waals surface area contributed by atoms with Gasteiger partial charge in [-0.3, -0.25) is 24.6 Å². The fourth-order valence-electron chi connectivity index (χ4n) is 2.48. The smallest absolute Gasteiger partial charge is 0.329 e. The Hall–Kier alpha value is -3.08. The number of thioether (sulfide) groups is 1. The zero-order chi connectivity index (χ0) is 21.0. The molecule has 1 saturated heterocycles. The molecule has 2 rings (SSSR count). The van der Waals surface area contributed by atoms with Crippen LogP contribution in [0.1, 0.15) is 19.4 Å². The highest BCUT2D eigenvalue weighted by atomic mass is 32.2. The number of benzene rings is 1. The van der Waals surface area contributed by atoms with Crippen LogP contribution in [-0.2, 0) is 14.3 Å². The molecule has 28 heavy (non-hydrogen) atoms. The first-order chi connectivity index (χ1) is 13.2. The van der Waals surface area contributed by atoms with E-state index in [0.29, 0.717) is 11.8 Å². The number of ether oxygens (including phenoxy) is 3. The lowest BCUT2D eigenvalue weighted by Crippen LogP contribution is -2.42. The Morgan fingerprint density at radius 3 is 2.43 bits per heavy atom. The van der Waals surface area contributed by atoms with E-state index in [-0.39, 0.29) is 34.3 Å². The van der Waals surface area contributed by atoms with Crippen LogP contribution in [0.25, 0.3) is 6.08 Å². The highest BCUT2D eigenvalue weighted by Crippen LogP contribution is 2.39. The fourth-order valence-corrected chi connectivity index (χ4v) is 3.38. The molecule has 0 saturated carbocycles. The molecule has 10 nitrogen and oxygen atoms in total. The van der Waals surface area contributed by atoms with Gasteiger partial charge < -0.3 is 14.2 Å². The van der Waals surface area contributed by atoms with Crippen molar-refractivity contribution in [1.29, 1.82) is 0 Å². The largest absolute Gasteiger partial charge is 0.493 e. The van der Waals surface area contributed by atoms with Crippen LogP contribution in [0.5, 0.6) is 11.5 Å². The average Bonchev–Trinajstić information content (AvgIpc) is 2.93. The second-order valence-electron chi connectivity index (χ2n) is 5.50. The maximum atomic E-state index is 12.6. The van der Waals surface area contributed by atoms with Gasteiger partial charge >= 0.3 is 5.97 Å². The van der Waals surface area contributed by atoms with Crippen LogP contribution in [0.3, 0.4) is 0 Å². The van der Waals surface area contributed by atoms with Gasteiger partial charge in [-0.1, -0.05) is 0 Å². The number of amides is 2. The van der Waals surface area contributed by atoms with Crippen molar-refractivity contribution in [2.45, 2.75) is 19.9 Å². The van der Waals surface area contributed by atoms with E-state index in [4.69, 9.17) is 14.2 Å². The molecule has 11 heteroatoms. The van der Waals surface area contributed by atoms with Crippen LogP contribution in [-0.4, -0.2) is 53.8 Å². The van der Waals surface area contributed by atoms with Crippen molar-refractivity contribution in [3.63, 3.8) is 0 Å². The molecule has 1 aromatic carbocycles. The van der Waals surface area contributed by atoms with Crippen LogP contribution in [0.4, 0.5) is 10.5 Å². The minimum atomic E-state index is -1.11. The molecule has 0 bridgehead atoms. The van der Waals surface area contributed by atoms with E-state index in [2.05, 4.69) is 0 Å². The summed E-state index contributed by atoms with van der Waals surface area (Å²) >= 11 is 0.580. The number of carbonyl (C=O) groups is 3. The molecule has 1 fully saturated rings. The molecule has 1 aliphatic rings. The molecule has 0 radical (unpaired) electrons. The average molecular weight is 410 g/mol. The van der Waals surface area contributed by atoms with Gasteiger partial charge in [0, 0.05) is 0 Å². The molecule has 1 aliphatic heterocycles. The Morgan fingerprint density at radius 2 is 1.89 bits per heavy atom. The molecular weight excluding hydrogens is 392 g/mol. The number of esters is 1. The number of hydrogen-bond acceptors (Lipinski definition) is 9. The number of imide groups is 1. The third-order valence-corrected chi connectivity index (χ3v) is 4.74. The van der Waals surface area contributed by atoms with Crippen LogP contribution in [0.2, 0.25) is 0 Å². The summed E-state index contributed by atoms with van der Waals surface area (Å²) in [6.45, 7) is 3.08. The Bertz CT molecular complexity index is 867. The maximum Gasteiger partial charge on any atom is 0.329 e. The zero-order valence-corrected chi connectivity index (χ0v) is 16.4. The predicted octanol–water partition coefficient (Wildman–Crippen LogP) is 2.60. The topological polar surface area (TPSA) is 125 Å². The SMILES string of the molecule is CCOC(=O)[C@H](C)N1C(=O)S/C(=C/c2cc(OC)c(OC)cc2[N+](=O)[O-])C1=O. The lowest BCUT2D eigenvalue weighted by molar-refractivity contribution is -0.385. The van der Waals surface area contributed by atoms with Gasteiger partial charge in [-0.2, -0.15) is 0 Å². The molecular formula is C17H18N2O8S. The van der Waals surface area contributed by atoms with E-state index in [1.54, 1.807) is 6.92 Å². The summed E-state index contributed by atoms with van der Waals surface area (Å²) in [7, 11) is 2.70. The normalized spacial score (nSPS) is 16.3. The van der Waals surface area contributed by atoms with Crippen molar-refractivity contribution in [2.75, 3.05) is 20.8 Å². The number of rotatable bonds is 7. The molecule has 0 aliphatic carbocycles. The van der Waals surface area contributed by atoms with Crippen LogP contribution < -0.4 is 9.47 Å². The third-order valence-electron chi connectivity index (χ3n) is 3.85. The highest BCUT2D eigenvalue weighted by Gasteiger charge is 2.41. The first-order valence-corrected chi connectivity index (χ1v) is 8.90. The van der Waals surface area contributed by atoms with Crippen molar-refractivity contribution in [1.82, 2.24) is 4.90 Å². The van der Waals surface area contributed by atoms with Gasteiger partial charge in [0.15, 0.2) is 11.5 Å². The van der Waals surface area contributed by atoms with Crippen molar-refractivity contribution < 1.29 is 33.5 Å². The van der Waals surface area contributed by atoms with Gasteiger partial charge in [-0.15, -0.1) is 0 Å². The summed E-state index contributed by atoms with van der Waals surface area (Å²) in [5.41, 5.74) is -0.278. The van der Waals surface area contributed by atoms with Crippen LogP contribution in [0, 0.1) is 10.1 Å². The molecule has 0 unspecified atom stereocenters. The molecule has 0 spiro atoms. The Labute approximate surface area is 164 Å². The summed E-state index contributed by atoms with van der Waals surface area (Å²) in [6, 6.07) is 1.38. The lowest BCUT2D eigenvalue weighted by atomic mass is 10.1. The second kappa shape index (κ2) is 8.74. The van der Waals surface area contributed by atoms with Gasteiger partial charge in [0.2, 0.25) is 0 Å². The highest BCUT2D eigenvalue weighted by molar-refractivity contribution is 8.18. The zero-order valence-electron chi connectivity index (χ0n) is 15.6. The summed E-state index contributed by atoms with van der Waals surface area (Å²) in [4.78, 5) is 48.2. The number of methoxy groups -OCH3 is 2. The van der Waals surface area contributed by atoms with Gasteiger partial charge in [-0.05, 0) is 37.8 Å². The van der Waals surface area contributed by atoms with Crippen molar-refractivity contribution >= 4 is 40.6 Å². The van der Waals surface area contributed by atoms with E-state index < -0.39 is 28.1 Å². The third kappa shape index (κ3) is 4.09. The molecule has 2 amide bonds. The lowest BCUT2D eigenvalue weighted by Gasteiger charge is -2.19. The first kappa shape index (κ1) is 21.2. The quantitative estimate of drug-likeness (QED) is 0.288. The molecule has 1 atom stereocenters. The van der Waals surface area contributed by atoms with Crippen molar-refractivity contribution in [2.24, 2.45) is 0 Å². The standard InChI is InChI=1S/C17H18N2O8S/c1-5-27-16(21)9(2)18-15(20)14(28-17(18)22)7-10-6-12(25-3)13(26-4)8-11(10)19(23)24/h6-9H,5H2,1-4H3/b14-7+/t9-/m0/s1. The minimum Gasteiger partial charge on any atom is -0.493 e. The number of nitrogens with zero attached hydrogens (tertiary/aromatic N) is 2. The second-order valence-corrected chi connectivity index (χ2v) is 6.50. The molecule has 1 aromatic rings. The maximum absolute atomic E-state index is 12.6. The van der Waals surface area contributed by atoms with E-state index in [0.717, 1.165) is 11.0 Å². The summed E-state index contributed by atoms with van der Waals surface area (Å²) in [5, 5.41) is 10.7. The van der Waals surface area contributed by atoms with Gasteiger partial charge in [0.25, 0.3) is 16.8 Å². The number of hydrogen-bond donors (Lipinski definition) is 0. The van der Waals surface area contributed by atoms with Gasteiger partial charge in [-0.25, -0.2) is 4.79 Å². The number of nitro benzene ring substituents is 1.